The zero-order chi connectivity index (χ0) is 14.7. The number of methoxy groups -OCH3 is 1. The molecule has 0 amide bonds. The number of aromatic nitrogens is 1. The van der Waals surface area contributed by atoms with Gasteiger partial charge in [0, 0.05) is 10.9 Å². The van der Waals surface area contributed by atoms with Crippen molar-refractivity contribution in [1.82, 2.24) is 4.57 Å². The van der Waals surface area contributed by atoms with Crippen molar-refractivity contribution in [2.75, 3.05) is 7.11 Å². The molecule has 1 aliphatic rings. The summed E-state index contributed by atoms with van der Waals surface area (Å²) in [5.74, 6) is 0.247. The summed E-state index contributed by atoms with van der Waals surface area (Å²) in [6.07, 6.45) is 0. The maximum atomic E-state index is 12.6. The van der Waals surface area contributed by atoms with E-state index in [-0.39, 0.29) is 23.2 Å². The average molecular weight is 281 g/mol. The van der Waals surface area contributed by atoms with Gasteiger partial charge >= 0.3 is 0 Å². The van der Waals surface area contributed by atoms with Crippen LogP contribution in [0.2, 0.25) is 0 Å². The highest BCUT2D eigenvalue weighted by Gasteiger charge is 2.30. The maximum Gasteiger partial charge on any atom is 0.263 e. The van der Waals surface area contributed by atoms with Crippen LogP contribution in [0.3, 0.4) is 0 Å². The molecular weight excluding hydrogens is 270 g/mol. The van der Waals surface area contributed by atoms with Crippen molar-refractivity contribution in [2.45, 2.75) is 0 Å². The van der Waals surface area contributed by atoms with Gasteiger partial charge in [0.1, 0.15) is 5.75 Å². The van der Waals surface area contributed by atoms with Gasteiger partial charge in [-0.2, -0.15) is 0 Å². The van der Waals surface area contributed by atoms with Crippen LogP contribution in [0, 0.1) is 0 Å². The standard InChI is InChI=1S/C16H11NO4/c1-21-15-7-11-10(6-14(15)19)13-5-8-4-9(18)2-3-12(8)17(13)16(11)20/h2-7,18-19H,1H3. The van der Waals surface area contributed by atoms with E-state index in [1.165, 1.54) is 13.2 Å². The van der Waals surface area contributed by atoms with Crippen molar-refractivity contribution >= 4 is 16.8 Å². The van der Waals surface area contributed by atoms with E-state index >= 15 is 0 Å². The number of phenolic OH excluding ortho intramolecular Hbond substituents is 2. The summed E-state index contributed by atoms with van der Waals surface area (Å²) in [6, 6.07) is 9.76. The number of phenols is 2. The number of rotatable bonds is 1. The van der Waals surface area contributed by atoms with Gasteiger partial charge in [-0.15, -0.1) is 0 Å². The quantitative estimate of drug-likeness (QED) is 0.562. The van der Waals surface area contributed by atoms with Crippen LogP contribution in [-0.2, 0) is 0 Å². The molecule has 1 aromatic heterocycles. The van der Waals surface area contributed by atoms with Crippen LogP contribution in [0.5, 0.6) is 17.2 Å². The third-order valence-corrected chi connectivity index (χ3v) is 3.81. The first-order valence-electron chi connectivity index (χ1n) is 6.40. The van der Waals surface area contributed by atoms with Gasteiger partial charge in [0.15, 0.2) is 11.5 Å². The normalized spacial score (nSPS) is 12.5. The second-order valence-electron chi connectivity index (χ2n) is 4.98. The number of aromatic hydroxyl groups is 2. The highest BCUT2D eigenvalue weighted by molar-refractivity contribution is 6.15. The third kappa shape index (κ3) is 1.43. The first-order chi connectivity index (χ1) is 10.1. The van der Waals surface area contributed by atoms with Crippen molar-refractivity contribution in [3.05, 3.63) is 42.0 Å². The summed E-state index contributed by atoms with van der Waals surface area (Å²) in [5.41, 5.74) is 2.58. The van der Waals surface area contributed by atoms with Crippen molar-refractivity contribution in [2.24, 2.45) is 0 Å². The highest BCUT2D eigenvalue weighted by Crippen LogP contribution is 2.42. The summed E-state index contributed by atoms with van der Waals surface area (Å²) in [7, 11) is 1.44. The Balaban J connectivity index is 2.06. The van der Waals surface area contributed by atoms with Crippen LogP contribution < -0.4 is 4.74 Å². The molecule has 0 aliphatic carbocycles. The average Bonchev–Trinajstić information content (AvgIpc) is 2.94. The molecular formula is C16H11NO4. The number of nitrogens with zero attached hydrogens (tertiary/aromatic N) is 1. The molecule has 2 N–H and O–H groups in total. The Morgan fingerprint density at radius 1 is 1.05 bits per heavy atom. The monoisotopic (exact) mass is 281 g/mol. The van der Waals surface area contributed by atoms with Gasteiger partial charge in [-0.1, -0.05) is 0 Å². The Bertz CT molecular complexity index is 924. The van der Waals surface area contributed by atoms with Gasteiger partial charge in [0.25, 0.3) is 5.91 Å². The Morgan fingerprint density at radius 3 is 2.62 bits per heavy atom. The van der Waals surface area contributed by atoms with E-state index in [4.69, 9.17) is 4.74 Å². The Labute approximate surface area is 119 Å². The summed E-state index contributed by atoms with van der Waals surface area (Å²) < 4.78 is 6.63. The molecule has 0 unspecified atom stereocenters. The van der Waals surface area contributed by atoms with Crippen LogP contribution in [0.15, 0.2) is 36.4 Å². The number of fused-ring (bicyclic) bond motifs is 5. The molecule has 0 fully saturated rings. The molecule has 4 rings (SSSR count). The number of carbonyl (C=O) groups is 1. The number of hydrogen-bond donors (Lipinski definition) is 2. The van der Waals surface area contributed by atoms with Gasteiger partial charge in [-0.3, -0.25) is 9.36 Å². The molecule has 0 saturated heterocycles. The molecule has 1 aliphatic heterocycles. The van der Waals surface area contributed by atoms with E-state index in [1.807, 2.05) is 6.07 Å². The molecule has 3 aromatic rings. The maximum absolute atomic E-state index is 12.6. The van der Waals surface area contributed by atoms with Crippen molar-refractivity contribution in [1.29, 1.82) is 0 Å². The smallest absolute Gasteiger partial charge is 0.263 e. The molecule has 0 spiro atoms. The molecule has 0 bridgehead atoms. The van der Waals surface area contributed by atoms with Gasteiger partial charge < -0.3 is 14.9 Å². The first-order valence-corrected chi connectivity index (χ1v) is 6.40. The second-order valence-corrected chi connectivity index (χ2v) is 4.98. The highest BCUT2D eigenvalue weighted by atomic mass is 16.5. The lowest BCUT2D eigenvalue weighted by atomic mass is 10.1. The van der Waals surface area contributed by atoms with E-state index in [0.717, 1.165) is 10.9 Å². The van der Waals surface area contributed by atoms with Crippen molar-refractivity contribution < 1.29 is 19.7 Å². The van der Waals surface area contributed by atoms with Gasteiger partial charge in [-0.25, -0.2) is 0 Å². The molecule has 2 aromatic carbocycles. The minimum Gasteiger partial charge on any atom is -0.508 e. The number of hydrogen-bond acceptors (Lipinski definition) is 4. The molecule has 2 heterocycles. The summed E-state index contributed by atoms with van der Waals surface area (Å²) in [5, 5.41) is 20.2. The first kappa shape index (κ1) is 11.8. The van der Waals surface area contributed by atoms with Crippen LogP contribution in [0.25, 0.3) is 22.2 Å². The Hall–Kier alpha value is -2.95. The lowest BCUT2D eigenvalue weighted by Gasteiger charge is -2.05. The molecule has 0 radical (unpaired) electrons. The van der Waals surface area contributed by atoms with Crippen LogP contribution in [-0.4, -0.2) is 27.8 Å². The topological polar surface area (TPSA) is 71.7 Å². The van der Waals surface area contributed by atoms with E-state index in [9.17, 15) is 15.0 Å². The van der Waals surface area contributed by atoms with Gasteiger partial charge in [0.2, 0.25) is 0 Å². The molecule has 21 heavy (non-hydrogen) atoms. The largest absolute Gasteiger partial charge is 0.508 e. The lowest BCUT2D eigenvalue weighted by molar-refractivity contribution is 0.0973. The van der Waals surface area contributed by atoms with E-state index in [0.29, 0.717) is 16.8 Å². The fourth-order valence-corrected chi connectivity index (χ4v) is 2.86. The summed E-state index contributed by atoms with van der Waals surface area (Å²) >= 11 is 0. The molecule has 5 heteroatoms. The minimum absolute atomic E-state index is 0.00870. The Morgan fingerprint density at radius 2 is 1.86 bits per heavy atom. The molecule has 0 atom stereocenters. The van der Waals surface area contributed by atoms with E-state index < -0.39 is 0 Å². The molecule has 0 saturated carbocycles. The van der Waals surface area contributed by atoms with Crippen molar-refractivity contribution in [3.8, 4) is 28.5 Å². The van der Waals surface area contributed by atoms with E-state index in [1.54, 1.807) is 28.8 Å². The van der Waals surface area contributed by atoms with Crippen LogP contribution in [0.1, 0.15) is 10.4 Å². The van der Waals surface area contributed by atoms with Gasteiger partial charge in [0.05, 0.1) is 23.9 Å². The fourth-order valence-electron chi connectivity index (χ4n) is 2.86. The van der Waals surface area contributed by atoms with Crippen LogP contribution >= 0.6 is 0 Å². The number of ether oxygens (including phenoxy) is 1. The second kappa shape index (κ2) is 3.79. The zero-order valence-electron chi connectivity index (χ0n) is 11.1. The number of carbonyl (C=O) groups excluding carboxylic acids is 1. The third-order valence-electron chi connectivity index (χ3n) is 3.81. The van der Waals surface area contributed by atoms with E-state index in [2.05, 4.69) is 0 Å². The summed E-state index contributed by atoms with van der Waals surface area (Å²) in [6.45, 7) is 0. The zero-order valence-corrected chi connectivity index (χ0v) is 11.1. The predicted molar refractivity (Wildman–Crippen MR) is 77.0 cm³/mol. The Kier molecular flexibility index (Phi) is 2.14. The minimum atomic E-state index is -0.168. The predicted octanol–water partition coefficient (Wildman–Crippen LogP) is 2.73. The lowest BCUT2D eigenvalue weighted by Crippen LogP contribution is -2.05. The van der Waals surface area contributed by atoms with Crippen molar-refractivity contribution in [3.63, 3.8) is 0 Å². The SMILES string of the molecule is COc1cc2c(cc1O)-c1cc3cc(O)ccc3n1C2=O. The summed E-state index contributed by atoms with van der Waals surface area (Å²) in [4.78, 5) is 12.6. The molecule has 104 valence electrons. The fraction of sp³-hybridized carbons (Fsp3) is 0.0625. The number of benzene rings is 2. The van der Waals surface area contributed by atoms with Gasteiger partial charge in [-0.05, 0) is 36.4 Å². The molecule has 5 nitrogen and oxygen atoms in total. The van der Waals surface area contributed by atoms with Crippen LogP contribution in [0.4, 0.5) is 0 Å².